The van der Waals surface area contributed by atoms with Gasteiger partial charge >= 0.3 is 5.97 Å². The molecule has 0 saturated carbocycles. The fourth-order valence-electron chi connectivity index (χ4n) is 2.52. The minimum absolute atomic E-state index is 0.0631. The van der Waals surface area contributed by atoms with Gasteiger partial charge in [0.2, 0.25) is 0 Å². The number of carboxylic acids is 1. The molecule has 0 amide bonds. The zero-order chi connectivity index (χ0) is 11.5. The van der Waals surface area contributed by atoms with Gasteiger partial charge in [-0.2, -0.15) is 0 Å². The zero-order valence-electron chi connectivity index (χ0n) is 10.1. The Labute approximate surface area is 92.5 Å². The van der Waals surface area contributed by atoms with Crippen molar-refractivity contribution >= 4 is 5.97 Å². The molecule has 0 radical (unpaired) electrons. The van der Waals surface area contributed by atoms with Gasteiger partial charge in [0.05, 0.1) is 0 Å². The Morgan fingerprint density at radius 1 is 1.53 bits per heavy atom. The van der Waals surface area contributed by atoms with Gasteiger partial charge in [-0.15, -0.1) is 0 Å². The number of rotatable bonds is 5. The summed E-state index contributed by atoms with van der Waals surface area (Å²) >= 11 is 0. The predicted molar refractivity (Wildman–Crippen MR) is 60.9 cm³/mol. The van der Waals surface area contributed by atoms with Crippen LogP contribution < -0.4 is 0 Å². The number of aliphatic carboxylic acids is 1. The lowest BCUT2D eigenvalue weighted by atomic mass is 9.86. The lowest BCUT2D eigenvalue weighted by Gasteiger charge is -2.35. The largest absolute Gasteiger partial charge is 0.481 e. The summed E-state index contributed by atoms with van der Waals surface area (Å²) in [6, 6.07) is 0. The van der Waals surface area contributed by atoms with Crippen molar-refractivity contribution in [2.75, 3.05) is 13.1 Å². The first-order valence-corrected chi connectivity index (χ1v) is 5.95. The second-order valence-electron chi connectivity index (χ2n) is 5.08. The van der Waals surface area contributed by atoms with Gasteiger partial charge in [0.15, 0.2) is 0 Å². The fourth-order valence-corrected chi connectivity index (χ4v) is 2.52. The first-order valence-electron chi connectivity index (χ1n) is 5.95. The lowest BCUT2D eigenvalue weighted by molar-refractivity contribution is -0.138. The summed E-state index contributed by atoms with van der Waals surface area (Å²) in [5.74, 6) is -0.350. The van der Waals surface area contributed by atoms with Crippen molar-refractivity contribution in [2.24, 2.45) is 5.92 Å². The number of hydrogen-bond donors (Lipinski definition) is 1. The SMILES string of the molecule is CCCCN1CCC(CC(=O)O)C1(C)C. The van der Waals surface area contributed by atoms with Gasteiger partial charge in [0.25, 0.3) is 0 Å². The molecule has 0 aromatic carbocycles. The van der Waals surface area contributed by atoms with E-state index in [2.05, 4.69) is 25.7 Å². The van der Waals surface area contributed by atoms with E-state index in [9.17, 15) is 4.79 Å². The highest BCUT2D eigenvalue weighted by Gasteiger charge is 2.41. The molecule has 0 bridgehead atoms. The molecular formula is C12H23NO2. The van der Waals surface area contributed by atoms with E-state index in [1.165, 1.54) is 12.8 Å². The van der Waals surface area contributed by atoms with Crippen LogP contribution in [0.25, 0.3) is 0 Å². The normalized spacial score (nSPS) is 25.7. The first-order chi connectivity index (χ1) is 6.98. The minimum atomic E-state index is -0.662. The number of carbonyl (C=O) groups is 1. The van der Waals surface area contributed by atoms with Gasteiger partial charge in [0, 0.05) is 12.0 Å². The number of hydrogen-bond acceptors (Lipinski definition) is 2. The van der Waals surface area contributed by atoms with Crippen molar-refractivity contribution in [3.8, 4) is 0 Å². The highest BCUT2D eigenvalue weighted by atomic mass is 16.4. The Morgan fingerprint density at radius 3 is 2.73 bits per heavy atom. The molecule has 88 valence electrons. The van der Waals surface area contributed by atoms with E-state index in [0.29, 0.717) is 12.3 Å². The van der Waals surface area contributed by atoms with E-state index in [1.807, 2.05) is 0 Å². The van der Waals surface area contributed by atoms with Crippen LogP contribution in [-0.4, -0.2) is 34.6 Å². The molecule has 15 heavy (non-hydrogen) atoms. The highest BCUT2D eigenvalue weighted by molar-refractivity contribution is 5.67. The topological polar surface area (TPSA) is 40.5 Å². The molecule has 1 aliphatic rings. The van der Waals surface area contributed by atoms with Gasteiger partial charge in [-0.25, -0.2) is 0 Å². The Bertz CT molecular complexity index is 226. The Morgan fingerprint density at radius 2 is 2.20 bits per heavy atom. The maximum absolute atomic E-state index is 10.7. The van der Waals surface area contributed by atoms with Gasteiger partial charge in [-0.3, -0.25) is 9.69 Å². The number of unbranched alkanes of at least 4 members (excludes halogenated alkanes) is 1. The minimum Gasteiger partial charge on any atom is -0.481 e. The number of carboxylic acid groups (broad SMARTS) is 1. The summed E-state index contributed by atoms with van der Waals surface area (Å²) in [4.78, 5) is 13.2. The van der Waals surface area contributed by atoms with Crippen molar-refractivity contribution in [2.45, 2.75) is 52.0 Å². The maximum atomic E-state index is 10.7. The molecule has 1 fully saturated rings. The standard InChI is InChI=1S/C12H23NO2/c1-4-5-7-13-8-6-10(9-11(14)15)12(13,2)3/h10H,4-9H2,1-3H3,(H,14,15). The Hall–Kier alpha value is -0.570. The smallest absolute Gasteiger partial charge is 0.303 e. The van der Waals surface area contributed by atoms with Crippen LogP contribution in [0.5, 0.6) is 0 Å². The molecule has 1 unspecified atom stereocenters. The third kappa shape index (κ3) is 2.94. The average molecular weight is 213 g/mol. The Kier molecular flexibility index (Phi) is 4.14. The third-order valence-corrected chi connectivity index (χ3v) is 3.76. The van der Waals surface area contributed by atoms with E-state index in [4.69, 9.17) is 5.11 Å². The number of likely N-dealkylation sites (tertiary alicyclic amines) is 1. The lowest BCUT2D eigenvalue weighted by Crippen LogP contribution is -2.43. The maximum Gasteiger partial charge on any atom is 0.303 e. The van der Waals surface area contributed by atoms with Crippen LogP contribution in [0, 0.1) is 5.92 Å². The molecule has 1 saturated heterocycles. The molecule has 0 aromatic heterocycles. The predicted octanol–water partition coefficient (Wildman–Crippen LogP) is 2.36. The van der Waals surface area contributed by atoms with E-state index < -0.39 is 5.97 Å². The molecule has 1 aliphatic heterocycles. The van der Waals surface area contributed by atoms with Crippen LogP contribution in [0.15, 0.2) is 0 Å². The molecule has 0 aromatic rings. The molecule has 1 rings (SSSR count). The second-order valence-corrected chi connectivity index (χ2v) is 5.08. The molecule has 1 heterocycles. The summed E-state index contributed by atoms with van der Waals surface area (Å²) in [6.45, 7) is 8.73. The van der Waals surface area contributed by atoms with Crippen molar-refractivity contribution in [3.63, 3.8) is 0 Å². The third-order valence-electron chi connectivity index (χ3n) is 3.76. The highest BCUT2D eigenvalue weighted by Crippen LogP contribution is 2.36. The van der Waals surface area contributed by atoms with Gasteiger partial charge in [-0.1, -0.05) is 13.3 Å². The molecule has 1 atom stereocenters. The van der Waals surface area contributed by atoms with E-state index in [1.54, 1.807) is 0 Å². The molecule has 3 heteroatoms. The molecule has 3 nitrogen and oxygen atoms in total. The van der Waals surface area contributed by atoms with Crippen LogP contribution in [0.1, 0.15) is 46.5 Å². The van der Waals surface area contributed by atoms with Crippen molar-refractivity contribution in [1.29, 1.82) is 0 Å². The molecular weight excluding hydrogens is 190 g/mol. The molecule has 0 spiro atoms. The summed E-state index contributed by atoms with van der Waals surface area (Å²) < 4.78 is 0. The summed E-state index contributed by atoms with van der Waals surface area (Å²) in [5, 5.41) is 8.85. The van der Waals surface area contributed by atoms with Crippen LogP contribution >= 0.6 is 0 Å². The van der Waals surface area contributed by atoms with Crippen LogP contribution in [0.2, 0.25) is 0 Å². The second kappa shape index (κ2) is 4.97. The average Bonchev–Trinajstić information content (AvgIpc) is 2.39. The molecule has 0 aliphatic carbocycles. The van der Waals surface area contributed by atoms with Crippen LogP contribution in [0.4, 0.5) is 0 Å². The summed E-state index contributed by atoms with van der Waals surface area (Å²) in [6.07, 6.45) is 3.76. The molecule has 1 N–H and O–H groups in total. The van der Waals surface area contributed by atoms with Gasteiger partial charge < -0.3 is 5.11 Å². The zero-order valence-corrected chi connectivity index (χ0v) is 10.1. The van der Waals surface area contributed by atoms with Gasteiger partial charge in [-0.05, 0) is 45.7 Å². The van der Waals surface area contributed by atoms with Crippen molar-refractivity contribution in [1.82, 2.24) is 4.90 Å². The quantitative estimate of drug-likeness (QED) is 0.762. The fraction of sp³-hybridized carbons (Fsp3) is 0.917. The van der Waals surface area contributed by atoms with Crippen molar-refractivity contribution in [3.05, 3.63) is 0 Å². The number of nitrogens with zero attached hydrogens (tertiary/aromatic N) is 1. The monoisotopic (exact) mass is 213 g/mol. The van der Waals surface area contributed by atoms with Gasteiger partial charge in [0.1, 0.15) is 0 Å². The van der Waals surface area contributed by atoms with E-state index in [0.717, 1.165) is 19.5 Å². The summed E-state index contributed by atoms with van der Waals surface area (Å²) in [5.41, 5.74) is 0.0631. The van der Waals surface area contributed by atoms with Crippen LogP contribution in [0.3, 0.4) is 0 Å². The van der Waals surface area contributed by atoms with E-state index in [-0.39, 0.29) is 5.54 Å². The first kappa shape index (κ1) is 12.5. The van der Waals surface area contributed by atoms with Crippen LogP contribution in [-0.2, 0) is 4.79 Å². The van der Waals surface area contributed by atoms with E-state index >= 15 is 0 Å². The van der Waals surface area contributed by atoms with Crippen molar-refractivity contribution < 1.29 is 9.90 Å². The Balaban J connectivity index is 2.54. The summed E-state index contributed by atoms with van der Waals surface area (Å²) in [7, 11) is 0.